The molecule has 0 aromatic carbocycles. The van der Waals surface area contributed by atoms with E-state index < -0.39 is 0 Å². The number of carbonyl (C=O) groups is 2. The van der Waals surface area contributed by atoms with Crippen LogP contribution in [0.5, 0.6) is 0 Å². The number of hydrogen-bond donors (Lipinski definition) is 2. The van der Waals surface area contributed by atoms with Gasteiger partial charge in [-0.15, -0.1) is 0 Å². The van der Waals surface area contributed by atoms with Crippen LogP contribution in [0.1, 0.15) is 26.2 Å². The molecular formula is C13H26N4O2. The van der Waals surface area contributed by atoms with Crippen molar-refractivity contribution >= 4 is 11.8 Å². The molecule has 0 aromatic rings. The number of nitrogens with two attached hydrogens (primary N) is 1. The summed E-state index contributed by atoms with van der Waals surface area (Å²) in [4.78, 5) is 27.1. The molecule has 19 heavy (non-hydrogen) atoms. The molecule has 2 amide bonds. The second kappa shape index (κ2) is 8.12. The zero-order valence-electron chi connectivity index (χ0n) is 12.0. The van der Waals surface area contributed by atoms with E-state index in [-0.39, 0.29) is 30.9 Å². The van der Waals surface area contributed by atoms with Crippen LogP contribution in [0.2, 0.25) is 0 Å². The third kappa shape index (κ3) is 5.16. The lowest BCUT2D eigenvalue weighted by atomic mass is 10.0. The van der Waals surface area contributed by atoms with Crippen molar-refractivity contribution in [1.29, 1.82) is 0 Å². The number of likely N-dealkylation sites (tertiary alicyclic amines) is 1. The van der Waals surface area contributed by atoms with Crippen LogP contribution >= 0.6 is 0 Å². The quantitative estimate of drug-likeness (QED) is 0.675. The van der Waals surface area contributed by atoms with Crippen molar-refractivity contribution in [3.05, 3.63) is 0 Å². The zero-order chi connectivity index (χ0) is 14.3. The molecule has 1 aliphatic heterocycles. The fraction of sp³-hybridized carbons (Fsp3) is 0.846. The molecule has 6 heteroatoms. The Balaban J connectivity index is 2.31. The SMILES string of the molecule is CCCN1CCC(N(C)C(=O)CNC(=O)CN)CC1. The van der Waals surface area contributed by atoms with Gasteiger partial charge in [0.25, 0.3) is 0 Å². The van der Waals surface area contributed by atoms with E-state index in [0.29, 0.717) is 0 Å². The molecule has 0 radical (unpaired) electrons. The van der Waals surface area contributed by atoms with Gasteiger partial charge in [0.05, 0.1) is 13.1 Å². The van der Waals surface area contributed by atoms with Crippen molar-refractivity contribution in [2.24, 2.45) is 5.73 Å². The minimum absolute atomic E-state index is 0.0434. The third-order valence-electron chi connectivity index (χ3n) is 3.66. The topological polar surface area (TPSA) is 78.7 Å². The maximum Gasteiger partial charge on any atom is 0.241 e. The van der Waals surface area contributed by atoms with Crippen LogP contribution in [0.4, 0.5) is 0 Å². The van der Waals surface area contributed by atoms with E-state index in [2.05, 4.69) is 17.1 Å². The Morgan fingerprint density at radius 3 is 2.53 bits per heavy atom. The number of piperidine rings is 1. The Bertz CT molecular complexity index is 301. The van der Waals surface area contributed by atoms with Gasteiger partial charge in [0.1, 0.15) is 0 Å². The molecule has 0 aromatic heterocycles. The number of hydrogen-bond acceptors (Lipinski definition) is 4. The molecule has 0 atom stereocenters. The lowest BCUT2D eigenvalue weighted by Crippen LogP contribution is -2.48. The molecule has 0 saturated carbocycles. The molecule has 1 heterocycles. The summed E-state index contributed by atoms with van der Waals surface area (Å²) in [5.41, 5.74) is 5.18. The Hall–Kier alpha value is -1.14. The van der Waals surface area contributed by atoms with Gasteiger partial charge in [-0.1, -0.05) is 6.92 Å². The Kier molecular flexibility index (Phi) is 6.80. The van der Waals surface area contributed by atoms with Gasteiger partial charge in [0, 0.05) is 26.2 Å². The zero-order valence-corrected chi connectivity index (χ0v) is 12.0. The van der Waals surface area contributed by atoms with Crippen LogP contribution in [-0.2, 0) is 9.59 Å². The van der Waals surface area contributed by atoms with Crippen molar-refractivity contribution < 1.29 is 9.59 Å². The highest BCUT2D eigenvalue weighted by Crippen LogP contribution is 2.15. The number of amides is 2. The molecule has 110 valence electrons. The van der Waals surface area contributed by atoms with Gasteiger partial charge in [-0.2, -0.15) is 0 Å². The molecule has 6 nitrogen and oxygen atoms in total. The fourth-order valence-corrected chi connectivity index (χ4v) is 2.42. The summed E-state index contributed by atoms with van der Waals surface area (Å²) in [6.07, 6.45) is 3.19. The number of nitrogens with one attached hydrogen (secondary N) is 1. The smallest absolute Gasteiger partial charge is 0.241 e. The van der Waals surface area contributed by atoms with E-state index in [0.717, 1.165) is 32.5 Å². The molecular weight excluding hydrogens is 244 g/mol. The van der Waals surface area contributed by atoms with Crippen LogP contribution < -0.4 is 11.1 Å². The minimum atomic E-state index is -0.292. The Morgan fingerprint density at radius 2 is 2.00 bits per heavy atom. The second-order valence-corrected chi connectivity index (χ2v) is 5.06. The van der Waals surface area contributed by atoms with Gasteiger partial charge in [0.2, 0.25) is 11.8 Å². The molecule has 0 bridgehead atoms. The lowest BCUT2D eigenvalue weighted by Gasteiger charge is -2.36. The van der Waals surface area contributed by atoms with Gasteiger partial charge < -0.3 is 20.9 Å². The number of rotatable bonds is 6. The highest BCUT2D eigenvalue weighted by atomic mass is 16.2. The van der Waals surface area contributed by atoms with Crippen LogP contribution in [0.25, 0.3) is 0 Å². The number of likely N-dealkylation sites (N-methyl/N-ethyl adjacent to an activating group) is 1. The van der Waals surface area contributed by atoms with Gasteiger partial charge in [0.15, 0.2) is 0 Å². The Morgan fingerprint density at radius 1 is 1.37 bits per heavy atom. The largest absolute Gasteiger partial charge is 0.346 e. The molecule has 1 aliphatic rings. The summed E-state index contributed by atoms with van der Waals surface area (Å²) >= 11 is 0. The van der Waals surface area contributed by atoms with Crippen molar-refractivity contribution in [3.8, 4) is 0 Å². The normalized spacial score (nSPS) is 17.2. The first-order chi connectivity index (χ1) is 9.08. The summed E-state index contributed by atoms with van der Waals surface area (Å²) in [7, 11) is 1.82. The number of carbonyl (C=O) groups excluding carboxylic acids is 2. The third-order valence-corrected chi connectivity index (χ3v) is 3.66. The van der Waals surface area contributed by atoms with Gasteiger partial charge >= 0.3 is 0 Å². The van der Waals surface area contributed by atoms with Crippen LogP contribution in [0.3, 0.4) is 0 Å². The predicted molar refractivity (Wildman–Crippen MR) is 74.6 cm³/mol. The van der Waals surface area contributed by atoms with E-state index >= 15 is 0 Å². The van der Waals surface area contributed by atoms with E-state index in [4.69, 9.17) is 5.73 Å². The highest BCUT2D eigenvalue weighted by Gasteiger charge is 2.24. The monoisotopic (exact) mass is 270 g/mol. The van der Waals surface area contributed by atoms with E-state index in [1.807, 2.05) is 7.05 Å². The van der Waals surface area contributed by atoms with E-state index in [9.17, 15) is 9.59 Å². The molecule has 0 spiro atoms. The van der Waals surface area contributed by atoms with E-state index in [1.165, 1.54) is 6.42 Å². The van der Waals surface area contributed by atoms with E-state index in [1.54, 1.807) is 4.90 Å². The van der Waals surface area contributed by atoms with Gasteiger partial charge in [-0.05, 0) is 25.8 Å². The van der Waals surface area contributed by atoms with Crippen molar-refractivity contribution in [3.63, 3.8) is 0 Å². The summed E-state index contributed by atoms with van der Waals surface area (Å²) < 4.78 is 0. The van der Waals surface area contributed by atoms with Crippen molar-refractivity contribution in [1.82, 2.24) is 15.1 Å². The standard InChI is InChI=1S/C13H26N4O2/c1-3-6-17-7-4-11(5-8-17)16(2)13(19)10-15-12(18)9-14/h11H,3-10,14H2,1-2H3,(H,15,18). The van der Waals surface area contributed by atoms with Crippen LogP contribution in [-0.4, -0.2) is 67.4 Å². The minimum Gasteiger partial charge on any atom is -0.346 e. The first-order valence-corrected chi connectivity index (χ1v) is 7.03. The highest BCUT2D eigenvalue weighted by molar-refractivity contribution is 5.85. The van der Waals surface area contributed by atoms with Crippen molar-refractivity contribution in [2.45, 2.75) is 32.2 Å². The molecule has 0 unspecified atom stereocenters. The first-order valence-electron chi connectivity index (χ1n) is 7.03. The fourth-order valence-electron chi connectivity index (χ4n) is 2.42. The average Bonchev–Trinajstić information content (AvgIpc) is 2.44. The van der Waals surface area contributed by atoms with Gasteiger partial charge in [-0.25, -0.2) is 0 Å². The van der Waals surface area contributed by atoms with Gasteiger partial charge in [-0.3, -0.25) is 9.59 Å². The average molecular weight is 270 g/mol. The molecule has 1 saturated heterocycles. The first kappa shape index (κ1) is 15.9. The Labute approximate surface area is 115 Å². The maximum absolute atomic E-state index is 11.9. The maximum atomic E-state index is 11.9. The molecule has 0 aliphatic carbocycles. The van der Waals surface area contributed by atoms with Crippen LogP contribution in [0, 0.1) is 0 Å². The summed E-state index contributed by atoms with van der Waals surface area (Å²) in [5.74, 6) is -0.338. The summed E-state index contributed by atoms with van der Waals surface area (Å²) in [6, 6.07) is 0.287. The molecule has 3 N–H and O–H groups in total. The predicted octanol–water partition coefficient (Wildman–Crippen LogP) is -0.606. The second-order valence-electron chi connectivity index (χ2n) is 5.06. The molecule has 1 fully saturated rings. The van der Waals surface area contributed by atoms with Crippen molar-refractivity contribution in [2.75, 3.05) is 39.8 Å². The van der Waals surface area contributed by atoms with Crippen LogP contribution in [0.15, 0.2) is 0 Å². The molecule has 1 rings (SSSR count). The summed E-state index contributed by atoms with van der Waals surface area (Å²) in [6.45, 7) is 5.38. The summed E-state index contributed by atoms with van der Waals surface area (Å²) in [5, 5.41) is 2.52. The lowest BCUT2D eigenvalue weighted by molar-refractivity contribution is -0.134. The number of nitrogens with zero attached hydrogens (tertiary/aromatic N) is 2.